The van der Waals surface area contributed by atoms with Gasteiger partial charge in [0.05, 0.1) is 14.4 Å². The molecule has 6 aromatic rings. The summed E-state index contributed by atoms with van der Waals surface area (Å²) in [6.45, 7) is 12.7. The number of benzene rings is 6. The molecule has 2 amide bonds. The van der Waals surface area contributed by atoms with E-state index in [4.69, 9.17) is 9.47 Å². The fraction of sp³-hybridized carbons (Fsp3) is 0.224. The second kappa shape index (κ2) is 16.0. The summed E-state index contributed by atoms with van der Waals surface area (Å²) in [7, 11) is 0. The van der Waals surface area contributed by atoms with Crippen LogP contribution in [0.1, 0.15) is 74.9 Å². The summed E-state index contributed by atoms with van der Waals surface area (Å²) in [6.07, 6.45) is 0. The SMILES string of the molecule is CC(C)(C)c1ccc(OCC(=O)Nc2ccc(C3(c4ccc(NC(=O)COc5ccc(C(C)(C)C)cc5Br)cc4)c4ccccc4-c4ccccc43)cc2)c(Br)c1. The smallest absolute Gasteiger partial charge is 0.262 e. The second-order valence-electron chi connectivity index (χ2n) is 16.5. The molecule has 6 nitrogen and oxygen atoms in total. The van der Waals surface area contributed by atoms with Crippen LogP contribution in [0.15, 0.2) is 142 Å². The van der Waals surface area contributed by atoms with Crippen molar-refractivity contribution >= 4 is 55.0 Å². The van der Waals surface area contributed by atoms with Gasteiger partial charge in [-0.15, -0.1) is 0 Å². The summed E-state index contributed by atoms with van der Waals surface area (Å²) in [6, 6.07) is 45.0. The van der Waals surface area contributed by atoms with Gasteiger partial charge >= 0.3 is 0 Å². The van der Waals surface area contributed by atoms with Gasteiger partial charge in [0.1, 0.15) is 11.5 Å². The van der Waals surface area contributed by atoms with E-state index >= 15 is 0 Å². The van der Waals surface area contributed by atoms with Crippen molar-refractivity contribution in [3.8, 4) is 22.6 Å². The van der Waals surface area contributed by atoms with Crippen molar-refractivity contribution in [2.45, 2.75) is 57.8 Å². The third-order valence-electron chi connectivity index (χ3n) is 10.5. The molecule has 6 aromatic carbocycles. The third kappa shape index (κ3) is 8.30. The maximum atomic E-state index is 13.1. The lowest BCUT2D eigenvalue weighted by Gasteiger charge is -2.34. The first-order chi connectivity index (χ1) is 27.1. The average molecular weight is 887 g/mol. The number of nitrogens with one attached hydrogen (secondary N) is 2. The predicted octanol–water partition coefficient (Wildman–Crippen LogP) is 12.2. The molecule has 0 bridgehead atoms. The zero-order valence-corrected chi connectivity index (χ0v) is 36.2. The lowest BCUT2D eigenvalue weighted by Crippen LogP contribution is -2.28. The molecular weight excluding hydrogens is 840 g/mol. The lowest BCUT2D eigenvalue weighted by molar-refractivity contribution is -0.118. The quantitative estimate of drug-likeness (QED) is 0.143. The first kappa shape index (κ1) is 40.0. The number of anilines is 2. The molecule has 0 fully saturated rings. The van der Waals surface area contributed by atoms with Gasteiger partial charge in [-0.2, -0.15) is 0 Å². The fourth-order valence-electron chi connectivity index (χ4n) is 7.48. The van der Waals surface area contributed by atoms with E-state index in [0.717, 1.165) is 31.2 Å². The van der Waals surface area contributed by atoms with Crippen molar-refractivity contribution in [1.29, 1.82) is 0 Å². The van der Waals surface area contributed by atoms with Gasteiger partial charge in [-0.25, -0.2) is 0 Å². The summed E-state index contributed by atoms with van der Waals surface area (Å²) < 4.78 is 13.4. The largest absolute Gasteiger partial charge is 0.483 e. The van der Waals surface area contributed by atoms with Crippen molar-refractivity contribution in [2.75, 3.05) is 23.8 Å². The molecule has 57 heavy (non-hydrogen) atoms. The van der Waals surface area contributed by atoms with Crippen LogP contribution in [0.2, 0.25) is 0 Å². The Bertz CT molecular complexity index is 2270. The highest BCUT2D eigenvalue weighted by Crippen LogP contribution is 2.56. The highest BCUT2D eigenvalue weighted by atomic mass is 79.9. The number of amides is 2. The molecule has 2 N–H and O–H groups in total. The van der Waals surface area contributed by atoms with Gasteiger partial charge in [0.2, 0.25) is 0 Å². The van der Waals surface area contributed by atoms with Crippen LogP contribution in [-0.4, -0.2) is 25.0 Å². The van der Waals surface area contributed by atoms with E-state index in [0.29, 0.717) is 22.9 Å². The molecule has 0 unspecified atom stereocenters. The Morgan fingerprint density at radius 3 is 1.25 bits per heavy atom. The molecule has 7 rings (SSSR count). The van der Waals surface area contributed by atoms with E-state index in [-0.39, 0.29) is 35.9 Å². The Labute approximate surface area is 352 Å². The summed E-state index contributed by atoms with van der Waals surface area (Å²) >= 11 is 7.20. The average Bonchev–Trinajstić information content (AvgIpc) is 3.48. The van der Waals surface area contributed by atoms with Crippen molar-refractivity contribution in [1.82, 2.24) is 0 Å². The molecule has 0 radical (unpaired) electrons. The van der Waals surface area contributed by atoms with Crippen LogP contribution in [0.4, 0.5) is 11.4 Å². The highest BCUT2D eigenvalue weighted by Gasteiger charge is 2.45. The van der Waals surface area contributed by atoms with E-state index < -0.39 is 5.41 Å². The third-order valence-corrected chi connectivity index (χ3v) is 11.7. The van der Waals surface area contributed by atoms with Gasteiger partial charge in [0.25, 0.3) is 11.8 Å². The minimum Gasteiger partial charge on any atom is -0.483 e. The minimum atomic E-state index is -0.651. The maximum absolute atomic E-state index is 13.1. The molecule has 8 heteroatoms. The molecular formula is C49H46Br2N2O4. The molecule has 1 aliphatic carbocycles. The lowest BCUT2D eigenvalue weighted by atomic mass is 9.67. The van der Waals surface area contributed by atoms with E-state index in [2.05, 4.69) is 157 Å². The van der Waals surface area contributed by atoms with Crippen LogP contribution in [0.25, 0.3) is 11.1 Å². The summed E-state index contributed by atoms with van der Waals surface area (Å²) in [5.41, 5.74) is 9.78. The number of fused-ring (bicyclic) bond motifs is 3. The van der Waals surface area contributed by atoms with Gasteiger partial charge in [0, 0.05) is 11.4 Å². The molecule has 290 valence electrons. The predicted molar refractivity (Wildman–Crippen MR) is 238 cm³/mol. The normalized spacial score (nSPS) is 13.0. The number of rotatable bonds is 10. The molecule has 0 aromatic heterocycles. The van der Waals surface area contributed by atoms with Gasteiger partial charge in [-0.05, 0) is 136 Å². The molecule has 1 aliphatic rings. The zero-order chi connectivity index (χ0) is 40.5. The number of hydrogen-bond donors (Lipinski definition) is 2. The van der Waals surface area contributed by atoms with Crippen LogP contribution < -0.4 is 20.1 Å². The number of hydrogen-bond acceptors (Lipinski definition) is 4. The zero-order valence-electron chi connectivity index (χ0n) is 33.0. The van der Waals surface area contributed by atoms with E-state index in [1.165, 1.54) is 22.3 Å². The monoisotopic (exact) mass is 884 g/mol. The van der Waals surface area contributed by atoms with Gasteiger partial charge < -0.3 is 20.1 Å². The molecule has 0 saturated carbocycles. The van der Waals surface area contributed by atoms with Crippen molar-refractivity contribution in [3.63, 3.8) is 0 Å². The molecule has 0 spiro atoms. The van der Waals surface area contributed by atoms with Gasteiger partial charge in [-0.1, -0.05) is 126 Å². The number of halogens is 2. The highest BCUT2D eigenvalue weighted by molar-refractivity contribution is 9.11. The van der Waals surface area contributed by atoms with Crippen LogP contribution in [0.3, 0.4) is 0 Å². The van der Waals surface area contributed by atoms with Gasteiger partial charge in [0.15, 0.2) is 13.2 Å². The van der Waals surface area contributed by atoms with Crippen molar-refractivity contribution in [2.24, 2.45) is 0 Å². The minimum absolute atomic E-state index is 0.00123. The van der Waals surface area contributed by atoms with Gasteiger partial charge in [-0.3, -0.25) is 9.59 Å². The topological polar surface area (TPSA) is 76.7 Å². The van der Waals surface area contributed by atoms with Crippen molar-refractivity contribution < 1.29 is 19.1 Å². The number of ether oxygens (including phenoxy) is 2. The Morgan fingerprint density at radius 1 is 0.526 bits per heavy atom. The Balaban J connectivity index is 1.11. The Morgan fingerprint density at radius 2 is 0.895 bits per heavy atom. The fourth-order valence-corrected chi connectivity index (χ4v) is 8.47. The molecule has 0 aliphatic heterocycles. The first-order valence-corrected chi connectivity index (χ1v) is 20.6. The van der Waals surface area contributed by atoms with Crippen LogP contribution in [0, 0.1) is 0 Å². The standard InChI is InChI=1S/C49H46Br2N2O4/c1-47(2,3)33-19-25-43(41(50)27-33)56-29-45(54)52-35-21-15-31(16-22-35)49(39-13-9-7-11-37(39)38-12-8-10-14-40(38)49)32-17-23-36(24-18-32)53-46(55)30-57-44-26-20-34(28-42(44)51)48(4,5)6/h7-28H,29-30H2,1-6H3,(H,52,54)(H,53,55). The molecule has 0 heterocycles. The van der Waals surface area contributed by atoms with E-state index in [1.807, 2.05) is 60.7 Å². The van der Waals surface area contributed by atoms with E-state index in [1.54, 1.807) is 0 Å². The second-order valence-corrected chi connectivity index (χ2v) is 18.2. The molecule has 0 atom stereocenters. The summed E-state index contributed by atoms with van der Waals surface area (Å²) in [5, 5.41) is 6.00. The summed E-state index contributed by atoms with van der Waals surface area (Å²) in [4.78, 5) is 26.1. The van der Waals surface area contributed by atoms with Crippen LogP contribution >= 0.6 is 31.9 Å². The summed E-state index contributed by atoms with van der Waals surface area (Å²) in [5.74, 6) is 0.719. The first-order valence-electron chi connectivity index (χ1n) is 19.0. The van der Waals surface area contributed by atoms with Crippen LogP contribution in [-0.2, 0) is 25.8 Å². The van der Waals surface area contributed by atoms with E-state index in [9.17, 15) is 9.59 Å². The Kier molecular flexibility index (Phi) is 11.2. The maximum Gasteiger partial charge on any atom is 0.262 e. The van der Waals surface area contributed by atoms with Crippen molar-refractivity contribution in [3.05, 3.63) is 176 Å². The number of carbonyl (C=O) groups excluding carboxylic acids is 2. The van der Waals surface area contributed by atoms with Crippen LogP contribution in [0.5, 0.6) is 11.5 Å². The Hall–Kier alpha value is -5.18. The number of carbonyl (C=O) groups is 2. The molecule has 0 saturated heterocycles.